The Morgan fingerprint density at radius 2 is 1.78 bits per heavy atom. The maximum Gasteiger partial charge on any atom is 0.282 e. The summed E-state index contributed by atoms with van der Waals surface area (Å²) >= 11 is 6.97. The lowest BCUT2D eigenvalue weighted by Crippen LogP contribution is -2.35. The van der Waals surface area contributed by atoms with E-state index in [2.05, 4.69) is 37.3 Å². The van der Waals surface area contributed by atoms with E-state index in [9.17, 15) is 9.59 Å². The lowest BCUT2D eigenvalue weighted by atomic mass is 10.1. The van der Waals surface area contributed by atoms with Crippen LogP contribution in [0.2, 0.25) is 0 Å². The summed E-state index contributed by atoms with van der Waals surface area (Å²) in [7, 11) is 1.54. The van der Waals surface area contributed by atoms with Gasteiger partial charge >= 0.3 is 0 Å². The van der Waals surface area contributed by atoms with Gasteiger partial charge in [0, 0.05) is 20.1 Å². The molecule has 1 aliphatic heterocycles. The average Bonchev–Trinajstić information content (AvgIpc) is 3.08. The van der Waals surface area contributed by atoms with Crippen LogP contribution in [0.5, 0.6) is 11.5 Å². The zero-order valence-corrected chi connectivity index (χ0v) is 20.1. The van der Waals surface area contributed by atoms with Crippen LogP contribution >= 0.6 is 31.9 Å². The number of hydrazine groups is 1. The normalized spacial score (nSPS) is 14.6. The number of carbonyl (C=O) groups is 2. The monoisotopic (exact) mass is 556 g/mol. The number of halogens is 2. The maximum atomic E-state index is 12.9. The molecule has 0 unspecified atom stereocenters. The van der Waals surface area contributed by atoms with E-state index in [-0.39, 0.29) is 12.2 Å². The van der Waals surface area contributed by atoms with Crippen LogP contribution in [-0.4, -0.2) is 18.9 Å². The number of anilines is 1. The second-order valence-corrected chi connectivity index (χ2v) is 8.65. The van der Waals surface area contributed by atoms with Gasteiger partial charge < -0.3 is 9.47 Å². The number of hydrogen-bond acceptors (Lipinski definition) is 4. The fourth-order valence-electron chi connectivity index (χ4n) is 3.22. The molecular formula is C24H18Br2N2O4. The molecule has 0 aliphatic carbocycles. The number of methoxy groups -OCH3 is 1. The molecule has 2 amide bonds. The van der Waals surface area contributed by atoms with Crippen molar-refractivity contribution in [2.24, 2.45) is 0 Å². The average molecular weight is 558 g/mol. The van der Waals surface area contributed by atoms with Gasteiger partial charge in [-0.05, 0) is 36.4 Å². The molecule has 3 aromatic rings. The maximum absolute atomic E-state index is 12.9. The number of nitrogens with zero attached hydrogens (tertiary/aromatic N) is 1. The third-order valence-electron chi connectivity index (χ3n) is 4.82. The molecule has 0 atom stereocenters. The highest BCUT2D eigenvalue weighted by molar-refractivity contribution is 9.11. The van der Waals surface area contributed by atoms with Crippen LogP contribution in [0.4, 0.5) is 5.69 Å². The minimum Gasteiger partial charge on any atom is -0.493 e. The number of rotatable bonds is 6. The Morgan fingerprint density at radius 1 is 1.00 bits per heavy atom. The first-order chi connectivity index (χ1) is 15.5. The molecule has 0 radical (unpaired) electrons. The minimum absolute atomic E-state index is 0.0109. The molecule has 0 bridgehead atoms. The molecule has 32 heavy (non-hydrogen) atoms. The predicted octanol–water partition coefficient (Wildman–Crippen LogP) is 5.26. The van der Waals surface area contributed by atoms with Gasteiger partial charge in [-0.3, -0.25) is 15.0 Å². The van der Waals surface area contributed by atoms with E-state index >= 15 is 0 Å². The number of para-hydroxylation sites is 2. The number of carbonyl (C=O) groups excluding carboxylic acids is 2. The molecule has 1 saturated heterocycles. The summed E-state index contributed by atoms with van der Waals surface area (Å²) in [5.41, 5.74) is 4.69. The van der Waals surface area contributed by atoms with E-state index in [1.54, 1.807) is 49.6 Å². The Kier molecular flexibility index (Phi) is 6.62. The van der Waals surface area contributed by atoms with Crippen LogP contribution in [0.1, 0.15) is 11.1 Å². The van der Waals surface area contributed by atoms with E-state index in [0.29, 0.717) is 22.7 Å². The lowest BCUT2D eigenvalue weighted by molar-refractivity contribution is -0.117. The van der Waals surface area contributed by atoms with Gasteiger partial charge in [0.1, 0.15) is 12.2 Å². The van der Waals surface area contributed by atoms with Crippen LogP contribution in [0.15, 0.2) is 81.2 Å². The van der Waals surface area contributed by atoms with Crippen molar-refractivity contribution in [2.75, 3.05) is 12.1 Å². The first-order valence-corrected chi connectivity index (χ1v) is 11.2. The third kappa shape index (κ3) is 4.56. The number of ether oxygens (including phenoxy) is 2. The van der Waals surface area contributed by atoms with Crippen molar-refractivity contribution in [1.82, 2.24) is 5.43 Å². The van der Waals surface area contributed by atoms with Crippen LogP contribution in [0.25, 0.3) is 6.08 Å². The summed E-state index contributed by atoms with van der Waals surface area (Å²) in [4.78, 5) is 25.5. The van der Waals surface area contributed by atoms with Gasteiger partial charge in [-0.2, -0.15) is 0 Å². The molecule has 6 nitrogen and oxygen atoms in total. The molecule has 0 aromatic heterocycles. The van der Waals surface area contributed by atoms with E-state index in [0.717, 1.165) is 14.5 Å². The molecule has 1 heterocycles. The highest BCUT2D eigenvalue weighted by Crippen LogP contribution is 2.35. The van der Waals surface area contributed by atoms with E-state index in [1.807, 2.05) is 24.3 Å². The van der Waals surface area contributed by atoms with Crippen molar-refractivity contribution in [3.8, 4) is 11.5 Å². The first-order valence-electron chi connectivity index (χ1n) is 9.64. The summed E-state index contributed by atoms with van der Waals surface area (Å²) in [5.74, 6) is 0.0170. The van der Waals surface area contributed by atoms with Gasteiger partial charge in [0.05, 0.1) is 12.8 Å². The van der Waals surface area contributed by atoms with Crippen molar-refractivity contribution in [1.29, 1.82) is 0 Å². The second-order valence-electron chi connectivity index (χ2n) is 6.88. The highest BCUT2D eigenvalue weighted by Gasteiger charge is 2.34. The number of amides is 2. The SMILES string of the molecule is COc1cccc(/C=C2/C(=O)NN(c3ccccc3)C2=O)c1OCc1ccc(Br)cc1Br. The van der Waals surface area contributed by atoms with E-state index in [4.69, 9.17) is 9.47 Å². The van der Waals surface area contributed by atoms with Crippen molar-refractivity contribution >= 4 is 55.4 Å². The zero-order chi connectivity index (χ0) is 22.7. The van der Waals surface area contributed by atoms with Crippen molar-refractivity contribution in [3.05, 3.63) is 92.4 Å². The minimum atomic E-state index is -0.483. The molecule has 162 valence electrons. The highest BCUT2D eigenvalue weighted by atomic mass is 79.9. The molecule has 1 aliphatic rings. The van der Waals surface area contributed by atoms with Gasteiger partial charge in [0.15, 0.2) is 11.5 Å². The zero-order valence-electron chi connectivity index (χ0n) is 17.0. The van der Waals surface area contributed by atoms with Crippen LogP contribution in [0.3, 0.4) is 0 Å². The van der Waals surface area contributed by atoms with Gasteiger partial charge in [0.25, 0.3) is 11.8 Å². The van der Waals surface area contributed by atoms with Gasteiger partial charge in [-0.25, -0.2) is 5.01 Å². The van der Waals surface area contributed by atoms with Crippen LogP contribution < -0.4 is 19.9 Å². The van der Waals surface area contributed by atoms with E-state index in [1.165, 1.54) is 11.1 Å². The summed E-state index contributed by atoms with van der Waals surface area (Å²) in [6.07, 6.45) is 1.52. The Bertz CT molecular complexity index is 1210. The smallest absolute Gasteiger partial charge is 0.282 e. The Hall–Kier alpha value is -3.10. The number of hydrogen-bond donors (Lipinski definition) is 1. The van der Waals surface area contributed by atoms with E-state index < -0.39 is 11.8 Å². The van der Waals surface area contributed by atoms with Crippen molar-refractivity contribution < 1.29 is 19.1 Å². The molecular weight excluding hydrogens is 540 g/mol. The standard InChI is InChI=1S/C24H18Br2N2O4/c1-31-21-9-5-6-15(22(21)32-14-16-10-11-17(25)13-20(16)26)12-19-23(29)27-28(24(19)30)18-7-3-2-4-8-18/h2-13H,14H2,1H3,(H,27,29)/b19-12-. The number of benzene rings is 3. The Balaban J connectivity index is 1.66. The predicted molar refractivity (Wildman–Crippen MR) is 129 cm³/mol. The summed E-state index contributed by atoms with van der Waals surface area (Å²) < 4.78 is 13.4. The summed E-state index contributed by atoms with van der Waals surface area (Å²) in [6.45, 7) is 0.265. The summed E-state index contributed by atoms with van der Waals surface area (Å²) in [5, 5.41) is 1.23. The molecule has 1 fully saturated rings. The molecule has 4 rings (SSSR count). The topological polar surface area (TPSA) is 67.9 Å². The molecule has 0 saturated carbocycles. The summed E-state index contributed by atoms with van der Waals surface area (Å²) in [6, 6.07) is 20.0. The lowest BCUT2D eigenvalue weighted by Gasteiger charge is -2.15. The second kappa shape index (κ2) is 9.58. The molecule has 0 spiro atoms. The number of nitrogens with one attached hydrogen (secondary N) is 1. The van der Waals surface area contributed by atoms with Crippen molar-refractivity contribution in [3.63, 3.8) is 0 Å². The Morgan fingerprint density at radius 3 is 2.50 bits per heavy atom. The van der Waals surface area contributed by atoms with Crippen LogP contribution in [0, 0.1) is 0 Å². The third-order valence-corrected chi connectivity index (χ3v) is 6.05. The molecule has 1 N–H and O–H groups in total. The quantitative estimate of drug-likeness (QED) is 0.331. The largest absolute Gasteiger partial charge is 0.493 e. The molecule has 8 heteroatoms. The molecule has 3 aromatic carbocycles. The van der Waals surface area contributed by atoms with Gasteiger partial charge in [-0.1, -0.05) is 68.3 Å². The fraction of sp³-hybridized carbons (Fsp3) is 0.0833. The fourth-order valence-corrected chi connectivity index (χ4v) is 4.38. The van der Waals surface area contributed by atoms with Gasteiger partial charge in [-0.15, -0.1) is 0 Å². The Labute approximate surface area is 202 Å². The first kappa shape index (κ1) is 22.1. The van der Waals surface area contributed by atoms with Crippen molar-refractivity contribution in [2.45, 2.75) is 6.61 Å². The van der Waals surface area contributed by atoms with Gasteiger partial charge in [0.2, 0.25) is 0 Å². The van der Waals surface area contributed by atoms with Crippen LogP contribution in [-0.2, 0) is 16.2 Å².